The number of halogens is 2. The third-order valence-corrected chi connectivity index (χ3v) is 3.26. The molecular weight excluding hydrogens is 298 g/mol. The van der Waals surface area contributed by atoms with Crippen LogP contribution in [0.5, 0.6) is 0 Å². The van der Waals surface area contributed by atoms with Crippen molar-refractivity contribution in [2.75, 3.05) is 12.3 Å². The number of rotatable bonds is 5. The lowest BCUT2D eigenvalue weighted by Gasteiger charge is -2.20. The van der Waals surface area contributed by atoms with Crippen molar-refractivity contribution in [2.45, 2.75) is 31.2 Å². The maximum absolute atomic E-state index is 13.3. The monoisotopic (exact) mass is 316 g/mol. The summed E-state index contributed by atoms with van der Waals surface area (Å²) in [5.74, 6) is -2.12. The number of hydrogen-bond acceptors (Lipinski definition) is 3. The van der Waals surface area contributed by atoms with Crippen LogP contribution >= 0.6 is 11.8 Å². The first kappa shape index (κ1) is 17.4. The van der Waals surface area contributed by atoms with E-state index >= 15 is 0 Å². The molecule has 0 aliphatic rings. The van der Waals surface area contributed by atoms with E-state index in [1.54, 1.807) is 0 Å². The van der Waals surface area contributed by atoms with E-state index in [2.05, 4.69) is 10.6 Å². The topological polar surface area (TPSA) is 58.2 Å². The highest BCUT2D eigenvalue weighted by molar-refractivity contribution is 8.00. The second-order valence-electron chi connectivity index (χ2n) is 5.44. The number of benzene rings is 1. The number of hydrogen-bond donors (Lipinski definition) is 2. The summed E-state index contributed by atoms with van der Waals surface area (Å²) < 4.78 is 26.1. The lowest BCUT2D eigenvalue weighted by atomic mass is 10.1. The van der Waals surface area contributed by atoms with Gasteiger partial charge in [0.25, 0.3) is 0 Å². The molecule has 0 atom stereocenters. The molecule has 0 fully saturated rings. The number of carbonyl (C=O) groups is 2. The molecule has 21 heavy (non-hydrogen) atoms. The molecule has 4 nitrogen and oxygen atoms in total. The molecule has 1 rings (SSSR count). The Labute approximate surface area is 126 Å². The second kappa shape index (κ2) is 7.40. The molecular formula is C14H18F2N2O2S. The van der Waals surface area contributed by atoms with E-state index in [1.807, 2.05) is 20.8 Å². The number of thioether (sulfide) groups is 1. The van der Waals surface area contributed by atoms with Crippen molar-refractivity contribution in [1.82, 2.24) is 10.6 Å². The standard InChI is InChI=1S/C14H18F2N2O2S/c1-14(2,3)18-12(19)7-17-13(20)8-21-11-5-4-9(15)6-10(11)16/h4-6H,7-8H2,1-3H3,(H,17,20)(H,18,19). The molecule has 0 bridgehead atoms. The van der Waals surface area contributed by atoms with Crippen molar-refractivity contribution in [3.63, 3.8) is 0 Å². The molecule has 1 aromatic carbocycles. The molecule has 0 radical (unpaired) electrons. The van der Waals surface area contributed by atoms with Crippen LogP contribution in [0.3, 0.4) is 0 Å². The lowest BCUT2D eigenvalue weighted by Crippen LogP contribution is -2.46. The molecule has 0 heterocycles. The maximum Gasteiger partial charge on any atom is 0.239 e. The van der Waals surface area contributed by atoms with Crippen molar-refractivity contribution >= 4 is 23.6 Å². The van der Waals surface area contributed by atoms with Crippen LogP contribution in [0.25, 0.3) is 0 Å². The van der Waals surface area contributed by atoms with Crippen LogP contribution in [-0.2, 0) is 9.59 Å². The van der Waals surface area contributed by atoms with E-state index in [0.717, 1.165) is 23.9 Å². The van der Waals surface area contributed by atoms with Gasteiger partial charge in [-0.2, -0.15) is 0 Å². The zero-order valence-corrected chi connectivity index (χ0v) is 12.9. The molecule has 0 aliphatic carbocycles. The average molecular weight is 316 g/mol. The van der Waals surface area contributed by atoms with Gasteiger partial charge in [0.15, 0.2) is 0 Å². The highest BCUT2D eigenvalue weighted by atomic mass is 32.2. The summed E-state index contributed by atoms with van der Waals surface area (Å²) in [5.41, 5.74) is -0.367. The van der Waals surface area contributed by atoms with Gasteiger partial charge >= 0.3 is 0 Å². The van der Waals surface area contributed by atoms with Gasteiger partial charge in [0, 0.05) is 16.5 Å². The largest absolute Gasteiger partial charge is 0.350 e. The summed E-state index contributed by atoms with van der Waals surface area (Å²) in [6, 6.07) is 3.16. The van der Waals surface area contributed by atoms with Gasteiger partial charge in [-0.15, -0.1) is 11.8 Å². The SMILES string of the molecule is CC(C)(C)NC(=O)CNC(=O)CSc1ccc(F)cc1F. The van der Waals surface area contributed by atoms with Crippen molar-refractivity contribution in [3.8, 4) is 0 Å². The van der Waals surface area contributed by atoms with Gasteiger partial charge in [0.2, 0.25) is 11.8 Å². The normalized spacial score (nSPS) is 11.1. The molecule has 0 aliphatic heterocycles. The fourth-order valence-electron chi connectivity index (χ4n) is 1.43. The second-order valence-corrected chi connectivity index (χ2v) is 6.46. The first-order chi connectivity index (χ1) is 9.67. The van der Waals surface area contributed by atoms with E-state index < -0.39 is 17.5 Å². The summed E-state index contributed by atoms with van der Waals surface area (Å²) in [6.07, 6.45) is 0. The summed E-state index contributed by atoms with van der Waals surface area (Å²) in [5, 5.41) is 5.14. The summed E-state index contributed by atoms with van der Waals surface area (Å²) in [7, 11) is 0. The summed E-state index contributed by atoms with van der Waals surface area (Å²) in [4.78, 5) is 23.2. The zero-order chi connectivity index (χ0) is 16.0. The number of nitrogens with one attached hydrogen (secondary N) is 2. The Bertz CT molecular complexity index is 530. The third-order valence-electron chi connectivity index (χ3n) is 2.21. The summed E-state index contributed by atoms with van der Waals surface area (Å²) >= 11 is 0.943. The Morgan fingerprint density at radius 1 is 1.19 bits per heavy atom. The molecule has 116 valence electrons. The van der Waals surface area contributed by atoms with Crippen LogP contribution in [0.1, 0.15) is 20.8 Å². The fraction of sp³-hybridized carbons (Fsp3) is 0.429. The fourth-order valence-corrected chi connectivity index (χ4v) is 2.18. The van der Waals surface area contributed by atoms with E-state index in [9.17, 15) is 18.4 Å². The van der Waals surface area contributed by atoms with E-state index in [-0.39, 0.29) is 28.6 Å². The van der Waals surface area contributed by atoms with Gasteiger partial charge in [0.05, 0.1) is 12.3 Å². The molecule has 0 unspecified atom stereocenters. The van der Waals surface area contributed by atoms with E-state index in [4.69, 9.17) is 0 Å². The van der Waals surface area contributed by atoms with Crippen molar-refractivity contribution in [1.29, 1.82) is 0 Å². The van der Waals surface area contributed by atoms with Gasteiger partial charge in [-0.3, -0.25) is 9.59 Å². The Kier molecular flexibility index (Phi) is 6.14. The first-order valence-corrected chi connectivity index (χ1v) is 7.31. The van der Waals surface area contributed by atoms with Crippen LogP contribution in [0, 0.1) is 11.6 Å². The Balaban J connectivity index is 2.36. The quantitative estimate of drug-likeness (QED) is 0.818. The first-order valence-electron chi connectivity index (χ1n) is 6.33. The van der Waals surface area contributed by atoms with Gasteiger partial charge in [-0.05, 0) is 32.9 Å². The summed E-state index contributed by atoms with van der Waals surface area (Å²) in [6.45, 7) is 5.36. The van der Waals surface area contributed by atoms with Crippen molar-refractivity contribution in [2.24, 2.45) is 0 Å². The van der Waals surface area contributed by atoms with Gasteiger partial charge in [-0.25, -0.2) is 8.78 Å². The molecule has 7 heteroatoms. The van der Waals surface area contributed by atoms with Crippen LogP contribution in [-0.4, -0.2) is 29.7 Å². The molecule has 0 saturated heterocycles. The van der Waals surface area contributed by atoms with Gasteiger partial charge in [0.1, 0.15) is 11.6 Å². The van der Waals surface area contributed by atoms with Gasteiger partial charge in [-0.1, -0.05) is 0 Å². The number of amides is 2. The van der Waals surface area contributed by atoms with E-state index in [0.29, 0.717) is 0 Å². The van der Waals surface area contributed by atoms with E-state index in [1.165, 1.54) is 6.07 Å². The minimum atomic E-state index is -0.710. The molecule has 0 saturated carbocycles. The lowest BCUT2D eigenvalue weighted by molar-refractivity contribution is -0.125. The predicted octanol–water partition coefficient (Wildman–Crippen LogP) is 2.09. The van der Waals surface area contributed by atoms with Crippen LogP contribution in [0.15, 0.2) is 23.1 Å². The highest BCUT2D eigenvalue weighted by Crippen LogP contribution is 2.21. The minimum absolute atomic E-state index is 0.0502. The molecule has 0 spiro atoms. The highest BCUT2D eigenvalue weighted by Gasteiger charge is 2.14. The third kappa shape index (κ3) is 7.08. The predicted molar refractivity (Wildman–Crippen MR) is 78.0 cm³/mol. The Morgan fingerprint density at radius 2 is 1.86 bits per heavy atom. The van der Waals surface area contributed by atoms with Crippen LogP contribution < -0.4 is 10.6 Å². The zero-order valence-electron chi connectivity index (χ0n) is 12.1. The van der Waals surface area contributed by atoms with Crippen molar-refractivity contribution < 1.29 is 18.4 Å². The molecule has 0 aromatic heterocycles. The van der Waals surface area contributed by atoms with Crippen molar-refractivity contribution in [3.05, 3.63) is 29.8 Å². The average Bonchev–Trinajstić information content (AvgIpc) is 2.33. The number of carbonyl (C=O) groups excluding carboxylic acids is 2. The van der Waals surface area contributed by atoms with Crippen LogP contribution in [0.4, 0.5) is 8.78 Å². The maximum atomic E-state index is 13.3. The minimum Gasteiger partial charge on any atom is -0.350 e. The Hall–Kier alpha value is -1.63. The molecule has 2 amide bonds. The molecule has 2 N–H and O–H groups in total. The smallest absolute Gasteiger partial charge is 0.239 e. The molecule has 1 aromatic rings. The van der Waals surface area contributed by atoms with Gasteiger partial charge < -0.3 is 10.6 Å². The van der Waals surface area contributed by atoms with Crippen LogP contribution in [0.2, 0.25) is 0 Å². The Morgan fingerprint density at radius 3 is 2.43 bits per heavy atom.